The van der Waals surface area contributed by atoms with Crippen LogP contribution in [0.2, 0.25) is 0 Å². The number of fused-ring (bicyclic) bond motifs is 1. The van der Waals surface area contributed by atoms with Gasteiger partial charge in [0.05, 0.1) is 28.9 Å². The van der Waals surface area contributed by atoms with E-state index in [0.717, 1.165) is 28.5 Å². The van der Waals surface area contributed by atoms with Gasteiger partial charge in [-0.3, -0.25) is 0 Å². The molecule has 0 amide bonds. The van der Waals surface area contributed by atoms with Crippen LogP contribution in [0.15, 0.2) is 54.6 Å². The molecule has 0 spiro atoms. The molecular weight excluding hydrogens is 468 g/mol. The van der Waals surface area contributed by atoms with E-state index >= 15 is 0 Å². The van der Waals surface area contributed by atoms with Gasteiger partial charge in [0, 0.05) is 0 Å². The van der Waals surface area contributed by atoms with E-state index in [0.29, 0.717) is 16.6 Å². The van der Waals surface area contributed by atoms with Gasteiger partial charge >= 0.3 is 19.3 Å². The fourth-order valence-corrected chi connectivity index (χ4v) is 3.93. The van der Waals surface area contributed by atoms with Crippen molar-refractivity contribution in [2.24, 2.45) is 0 Å². The van der Waals surface area contributed by atoms with Crippen molar-refractivity contribution < 1.29 is 32.0 Å². The number of carbonyl (C=O) groups excluding carboxylic acids is 1. The lowest BCUT2D eigenvalue weighted by molar-refractivity contribution is -0.137. The third kappa shape index (κ3) is 5.45. The van der Waals surface area contributed by atoms with E-state index in [1.54, 1.807) is 19.1 Å². The fraction of sp³-hybridized carbons (Fsp3) is 0.393. The zero-order valence-corrected chi connectivity index (χ0v) is 21.7. The van der Waals surface area contributed by atoms with E-state index < -0.39 is 36.0 Å². The summed E-state index contributed by atoms with van der Waals surface area (Å²) in [5.41, 5.74) is 0.566. The number of hydrogen-bond acceptors (Lipinski definition) is 4. The van der Waals surface area contributed by atoms with Crippen molar-refractivity contribution >= 4 is 29.3 Å². The van der Waals surface area contributed by atoms with Gasteiger partial charge in [0.25, 0.3) is 0 Å². The van der Waals surface area contributed by atoms with Gasteiger partial charge in [0.2, 0.25) is 0 Å². The molecule has 4 rings (SSSR count). The monoisotopic (exact) mass is 500 g/mol. The summed E-state index contributed by atoms with van der Waals surface area (Å²) in [6.07, 6.45) is -4.39. The summed E-state index contributed by atoms with van der Waals surface area (Å²) in [5, 5.41) is 1.55. The zero-order chi connectivity index (χ0) is 26.9. The highest BCUT2D eigenvalue weighted by atomic mass is 19.4. The Morgan fingerprint density at radius 3 is 1.97 bits per heavy atom. The summed E-state index contributed by atoms with van der Waals surface area (Å²) < 4.78 is 56.5. The summed E-state index contributed by atoms with van der Waals surface area (Å²) in [6, 6.07) is 14.0. The third-order valence-corrected chi connectivity index (χ3v) is 6.55. The van der Waals surface area contributed by atoms with Crippen LogP contribution >= 0.6 is 0 Å². The lowest BCUT2D eigenvalue weighted by Gasteiger charge is -2.32. The predicted molar refractivity (Wildman–Crippen MR) is 137 cm³/mol. The van der Waals surface area contributed by atoms with Crippen molar-refractivity contribution in [3.8, 4) is 11.1 Å². The Bertz CT molecular complexity index is 1220. The molecule has 0 aromatic heterocycles. The first-order valence-electron chi connectivity index (χ1n) is 12.1. The minimum absolute atomic E-state index is 0.230. The van der Waals surface area contributed by atoms with Crippen molar-refractivity contribution in [3.05, 3.63) is 65.7 Å². The van der Waals surface area contributed by atoms with Gasteiger partial charge in [-0.2, -0.15) is 13.2 Å². The van der Waals surface area contributed by atoms with E-state index in [2.05, 4.69) is 0 Å². The first kappa shape index (κ1) is 27.7. The minimum Gasteiger partial charge on any atom is -0.462 e. The van der Waals surface area contributed by atoms with Crippen molar-refractivity contribution in [1.82, 2.24) is 0 Å². The number of rotatable bonds is 4. The van der Waals surface area contributed by atoms with Gasteiger partial charge in [-0.25, -0.2) is 4.79 Å². The molecule has 4 nitrogen and oxygen atoms in total. The summed E-state index contributed by atoms with van der Waals surface area (Å²) >= 11 is 0. The highest BCUT2D eigenvalue weighted by Gasteiger charge is 2.52. The highest BCUT2D eigenvalue weighted by molar-refractivity contribution is 6.65. The molecule has 0 saturated carbocycles. The molecular formula is C28H32BF3O4. The Balaban J connectivity index is 0.00000176. The number of esters is 1. The van der Waals surface area contributed by atoms with Crippen LogP contribution in [0.1, 0.15) is 64.4 Å². The van der Waals surface area contributed by atoms with Crippen molar-refractivity contribution in [2.75, 3.05) is 6.61 Å². The van der Waals surface area contributed by atoms with E-state index in [1.807, 2.05) is 59.7 Å². The maximum atomic E-state index is 12.9. The number of ether oxygens (including phenoxy) is 1. The SMILES string of the molecule is CC.CCOC(=O)c1cc(B2OC(C)(C)C(C)(C)O2)c2ccc(-c3ccc(C(F)(F)F)cc3)cc2c1. The van der Waals surface area contributed by atoms with Gasteiger partial charge in [0.1, 0.15) is 0 Å². The van der Waals surface area contributed by atoms with Crippen LogP contribution in [0, 0.1) is 0 Å². The van der Waals surface area contributed by atoms with Crippen LogP contribution < -0.4 is 5.46 Å². The molecule has 36 heavy (non-hydrogen) atoms. The van der Waals surface area contributed by atoms with Crippen molar-refractivity contribution in [3.63, 3.8) is 0 Å². The predicted octanol–water partition coefficient (Wildman–Crippen LogP) is 7.03. The molecule has 1 aliphatic rings. The Labute approximate surface area is 210 Å². The minimum atomic E-state index is -4.39. The summed E-state index contributed by atoms with van der Waals surface area (Å²) in [6.45, 7) is 13.8. The first-order valence-corrected chi connectivity index (χ1v) is 12.1. The van der Waals surface area contributed by atoms with Crippen LogP contribution in [0.4, 0.5) is 13.2 Å². The van der Waals surface area contributed by atoms with Crippen LogP contribution in [0.3, 0.4) is 0 Å². The second-order valence-corrected chi connectivity index (χ2v) is 9.39. The van der Waals surface area contributed by atoms with Gasteiger partial charge < -0.3 is 14.0 Å². The first-order chi connectivity index (χ1) is 16.8. The quantitative estimate of drug-likeness (QED) is 0.285. The Morgan fingerprint density at radius 1 is 0.889 bits per heavy atom. The average molecular weight is 500 g/mol. The standard InChI is InChI=1S/C26H26BF3O4.C2H6/c1-6-32-23(31)19-14-18-13-17(16-7-10-20(11-8-16)26(28,29)30)9-12-21(18)22(15-19)27-33-24(2,3)25(4,5)34-27;1-2/h7-15H,6H2,1-5H3;1-2H3. The van der Waals surface area contributed by atoms with Crippen LogP contribution in [-0.4, -0.2) is 30.9 Å². The van der Waals surface area contributed by atoms with E-state index in [4.69, 9.17) is 14.0 Å². The molecule has 3 aromatic carbocycles. The number of halogens is 3. The van der Waals surface area contributed by atoms with E-state index in [1.165, 1.54) is 12.1 Å². The number of benzene rings is 3. The fourth-order valence-electron chi connectivity index (χ4n) is 3.93. The summed E-state index contributed by atoms with van der Waals surface area (Å²) in [5.74, 6) is -0.470. The van der Waals surface area contributed by atoms with Gasteiger partial charge in [-0.05, 0) is 92.3 Å². The second kappa shape index (κ2) is 10.3. The lowest BCUT2D eigenvalue weighted by Crippen LogP contribution is -2.41. The largest absolute Gasteiger partial charge is 0.495 e. The number of carbonyl (C=O) groups is 1. The summed E-state index contributed by atoms with van der Waals surface area (Å²) in [4.78, 5) is 12.6. The zero-order valence-electron chi connectivity index (χ0n) is 21.7. The molecule has 3 aromatic rings. The van der Waals surface area contributed by atoms with Gasteiger partial charge in [-0.15, -0.1) is 0 Å². The van der Waals surface area contributed by atoms with Crippen molar-refractivity contribution in [1.29, 1.82) is 0 Å². The molecule has 0 aliphatic carbocycles. The molecule has 0 unspecified atom stereocenters. The molecule has 0 bridgehead atoms. The van der Waals surface area contributed by atoms with E-state index in [-0.39, 0.29) is 6.61 Å². The second-order valence-electron chi connectivity index (χ2n) is 9.39. The van der Waals surface area contributed by atoms with Crippen LogP contribution in [0.25, 0.3) is 21.9 Å². The van der Waals surface area contributed by atoms with Crippen LogP contribution in [0.5, 0.6) is 0 Å². The van der Waals surface area contributed by atoms with E-state index in [9.17, 15) is 18.0 Å². The Kier molecular flexibility index (Phi) is 7.91. The third-order valence-electron chi connectivity index (χ3n) is 6.55. The molecule has 0 N–H and O–H groups in total. The topological polar surface area (TPSA) is 44.8 Å². The Hall–Kier alpha value is -2.84. The molecule has 0 radical (unpaired) electrons. The lowest BCUT2D eigenvalue weighted by atomic mass is 9.75. The normalized spacial score (nSPS) is 16.4. The van der Waals surface area contributed by atoms with Gasteiger partial charge in [0.15, 0.2) is 0 Å². The highest BCUT2D eigenvalue weighted by Crippen LogP contribution is 2.38. The molecule has 8 heteroatoms. The van der Waals surface area contributed by atoms with Crippen molar-refractivity contribution in [2.45, 2.75) is 65.8 Å². The molecule has 0 atom stereocenters. The maximum absolute atomic E-state index is 12.9. The number of alkyl halides is 3. The molecule has 192 valence electrons. The molecule has 1 fully saturated rings. The summed E-state index contributed by atoms with van der Waals surface area (Å²) in [7, 11) is -0.696. The van der Waals surface area contributed by atoms with Crippen LogP contribution in [-0.2, 0) is 20.2 Å². The Morgan fingerprint density at radius 2 is 1.44 bits per heavy atom. The maximum Gasteiger partial charge on any atom is 0.495 e. The molecule has 1 aliphatic heterocycles. The van der Waals surface area contributed by atoms with Gasteiger partial charge in [-0.1, -0.05) is 38.1 Å². The molecule has 1 saturated heterocycles. The average Bonchev–Trinajstić information content (AvgIpc) is 3.05. The smallest absolute Gasteiger partial charge is 0.462 e. The number of hydrogen-bond donors (Lipinski definition) is 0. The molecule has 1 heterocycles.